The quantitative estimate of drug-likeness (QED) is 0.782. The fourth-order valence-electron chi connectivity index (χ4n) is 1.69. The summed E-state index contributed by atoms with van der Waals surface area (Å²) >= 11 is 0. The van der Waals surface area contributed by atoms with Crippen LogP contribution in [-0.4, -0.2) is 18.1 Å². The predicted octanol–water partition coefficient (Wildman–Crippen LogP) is 2.99. The molecule has 1 N–H and O–H groups in total. The van der Waals surface area contributed by atoms with E-state index in [2.05, 4.69) is 11.6 Å². The van der Waals surface area contributed by atoms with Gasteiger partial charge in [-0.1, -0.05) is 12.2 Å². The van der Waals surface area contributed by atoms with Gasteiger partial charge in [0.25, 0.3) is 0 Å². The second-order valence-corrected chi connectivity index (χ2v) is 3.74. The third-order valence-corrected chi connectivity index (χ3v) is 2.56. The van der Waals surface area contributed by atoms with Crippen LogP contribution in [0, 0.1) is 0 Å². The Labute approximate surface area is 93.7 Å². The number of allylic oxidation sites excluding steroid dienone is 1. The lowest BCUT2D eigenvalue weighted by Gasteiger charge is -2.05. The molecule has 0 unspecified atom stereocenters. The van der Waals surface area contributed by atoms with Crippen LogP contribution in [0.5, 0.6) is 0 Å². The molecule has 0 atom stereocenters. The van der Waals surface area contributed by atoms with E-state index in [0.29, 0.717) is 5.56 Å². The van der Waals surface area contributed by atoms with Crippen molar-refractivity contribution >= 4 is 22.4 Å². The molecule has 0 radical (unpaired) electrons. The lowest BCUT2D eigenvalue weighted by Crippen LogP contribution is -2.02. The highest BCUT2D eigenvalue weighted by Gasteiger charge is 2.13. The summed E-state index contributed by atoms with van der Waals surface area (Å²) in [7, 11) is 1.38. The van der Waals surface area contributed by atoms with Crippen LogP contribution in [0.3, 0.4) is 0 Å². The average molecular weight is 215 g/mol. The first kappa shape index (κ1) is 10.5. The SMILES string of the molecule is C=C(C)c1cc(C(=O)OC)c2[nH]ccc2c1. The topological polar surface area (TPSA) is 42.1 Å². The van der Waals surface area contributed by atoms with Crippen molar-refractivity contribution in [3.8, 4) is 0 Å². The molecule has 0 aliphatic rings. The Morgan fingerprint density at radius 3 is 2.81 bits per heavy atom. The molecule has 0 spiro atoms. The summed E-state index contributed by atoms with van der Waals surface area (Å²) in [4.78, 5) is 14.7. The average Bonchev–Trinajstić information content (AvgIpc) is 2.74. The van der Waals surface area contributed by atoms with Crippen molar-refractivity contribution in [3.63, 3.8) is 0 Å². The predicted molar refractivity (Wildman–Crippen MR) is 64.3 cm³/mol. The Kier molecular flexibility index (Phi) is 2.52. The number of rotatable bonds is 2. The molecule has 0 saturated carbocycles. The van der Waals surface area contributed by atoms with Gasteiger partial charge in [-0.3, -0.25) is 0 Å². The number of fused-ring (bicyclic) bond motifs is 1. The zero-order chi connectivity index (χ0) is 11.7. The molecule has 2 aromatic rings. The number of aromatic nitrogens is 1. The van der Waals surface area contributed by atoms with Crippen molar-refractivity contribution in [3.05, 3.63) is 42.1 Å². The number of hydrogen-bond donors (Lipinski definition) is 1. The standard InChI is InChI=1S/C13H13NO2/c1-8(2)10-6-9-4-5-14-12(9)11(7-10)13(15)16-3/h4-7,14H,1H2,2-3H3. The Morgan fingerprint density at radius 2 is 2.19 bits per heavy atom. The second-order valence-electron chi connectivity index (χ2n) is 3.74. The zero-order valence-electron chi connectivity index (χ0n) is 9.33. The molecule has 3 nitrogen and oxygen atoms in total. The summed E-state index contributed by atoms with van der Waals surface area (Å²) in [5.74, 6) is -0.337. The molecule has 0 saturated heterocycles. The van der Waals surface area contributed by atoms with Crippen molar-refractivity contribution in [2.75, 3.05) is 7.11 Å². The molecule has 16 heavy (non-hydrogen) atoms. The van der Waals surface area contributed by atoms with Crippen LogP contribution in [0.2, 0.25) is 0 Å². The van der Waals surface area contributed by atoms with E-state index in [0.717, 1.165) is 22.0 Å². The van der Waals surface area contributed by atoms with Gasteiger partial charge in [-0.05, 0) is 30.7 Å². The van der Waals surface area contributed by atoms with Crippen LogP contribution in [-0.2, 0) is 4.74 Å². The first-order valence-corrected chi connectivity index (χ1v) is 4.99. The fraction of sp³-hybridized carbons (Fsp3) is 0.154. The summed E-state index contributed by atoms with van der Waals surface area (Å²) in [5, 5.41) is 0.987. The Morgan fingerprint density at radius 1 is 1.44 bits per heavy atom. The lowest BCUT2D eigenvalue weighted by molar-refractivity contribution is 0.0603. The minimum absolute atomic E-state index is 0.337. The molecule has 3 heteroatoms. The number of ether oxygens (including phenoxy) is 1. The minimum Gasteiger partial charge on any atom is -0.465 e. The van der Waals surface area contributed by atoms with Crippen LogP contribution >= 0.6 is 0 Å². The van der Waals surface area contributed by atoms with Gasteiger partial charge in [0.15, 0.2) is 0 Å². The van der Waals surface area contributed by atoms with E-state index >= 15 is 0 Å². The van der Waals surface area contributed by atoms with Crippen molar-refractivity contribution in [2.24, 2.45) is 0 Å². The van der Waals surface area contributed by atoms with Crippen LogP contribution in [0.15, 0.2) is 31.0 Å². The molecule has 1 heterocycles. The highest BCUT2D eigenvalue weighted by atomic mass is 16.5. The van der Waals surface area contributed by atoms with Gasteiger partial charge in [-0.15, -0.1) is 0 Å². The van der Waals surface area contributed by atoms with E-state index in [-0.39, 0.29) is 5.97 Å². The number of esters is 1. The van der Waals surface area contributed by atoms with Gasteiger partial charge >= 0.3 is 5.97 Å². The molecule has 2 rings (SSSR count). The van der Waals surface area contributed by atoms with Gasteiger partial charge in [0.1, 0.15) is 0 Å². The molecule has 0 amide bonds. The molecule has 0 fully saturated rings. The fourth-order valence-corrected chi connectivity index (χ4v) is 1.69. The second kappa shape index (κ2) is 3.85. The van der Waals surface area contributed by atoms with Gasteiger partial charge in [0, 0.05) is 11.6 Å². The number of aromatic amines is 1. The lowest BCUT2D eigenvalue weighted by atomic mass is 10.0. The third-order valence-electron chi connectivity index (χ3n) is 2.56. The normalized spacial score (nSPS) is 10.4. The van der Waals surface area contributed by atoms with E-state index in [1.54, 1.807) is 12.3 Å². The van der Waals surface area contributed by atoms with Gasteiger partial charge < -0.3 is 9.72 Å². The molecular weight excluding hydrogens is 202 g/mol. The van der Waals surface area contributed by atoms with Gasteiger partial charge in [0.05, 0.1) is 18.2 Å². The maximum atomic E-state index is 11.6. The van der Waals surface area contributed by atoms with E-state index in [4.69, 9.17) is 4.74 Å². The molecule has 0 bridgehead atoms. The summed E-state index contributed by atoms with van der Waals surface area (Å²) in [6, 6.07) is 5.72. The van der Waals surface area contributed by atoms with Crippen molar-refractivity contribution in [1.29, 1.82) is 0 Å². The third kappa shape index (κ3) is 1.60. The zero-order valence-corrected chi connectivity index (χ0v) is 9.33. The number of carbonyl (C=O) groups excluding carboxylic acids is 1. The maximum absolute atomic E-state index is 11.6. The molecule has 0 aliphatic heterocycles. The molecular formula is C13H13NO2. The number of nitrogens with one attached hydrogen (secondary N) is 1. The summed E-state index contributed by atoms with van der Waals surface area (Å²) in [6.45, 7) is 5.79. The van der Waals surface area contributed by atoms with Crippen LogP contribution in [0.25, 0.3) is 16.5 Å². The van der Waals surface area contributed by atoms with E-state index < -0.39 is 0 Å². The van der Waals surface area contributed by atoms with Crippen LogP contribution in [0.1, 0.15) is 22.8 Å². The maximum Gasteiger partial charge on any atom is 0.340 e. The summed E-state index contributed by atoms with van der Waals surface area (Å²) in [5.41, 5.74) is 3.22. The van der Waals surface area contributed by atoms with Crippen molar-refractivity contribution < 1.29 is 9.53 Å². The van der Waals surface area contributed by atoms with E-state index in [9.17, 15) is 4.79 Å². The Hall–Kier alpha value is -2.03. The van der Waals surface area contributed by atoms with Crippen LogP contribution in [0.4, 0.5) is 0 Å². The van der Waals surface area contributed by atoms with Crippen LogP contribution < -0.4 is 0 Å². The number of carbonyl (C=O) groups is 1. The summed E-state index contributed by atoms with van der Waals surface area (Å²) in [6.07, 6.45) is 1.80. The Bertz CT molecular complexity index is 566. The highest BCUT2D eigenvalue weighted by Crippen LogP contribution is 2.24. The van der Waals surface area contributed by atoms with Gasteiger partial charge in [-0.25, -0.2) is 4.79 Å². The monoisotopic (exact) mass is 215 g/mol. The number of H-pyrrole nitrogens is 1. The highest BCUT2D eigenvalue weighted by molar-refractivity contribution is 6.04. The minimum atomic E-state index is -0.337. The molecule has 1 aromatic carbocycles. The first-order valence-electron chi connectivity index (χ1n) is 4.99. The van der Waals surface area contributed by atoms with E-state index in [1.165, 1.54) is 7.11 Å². The molecule has 0 aliphatic carbocycles. The summed E-state index contributed by atoms with van der Waals surface area (Å²) < 4.78 is 4.76. The number of hydrogen-bond acceptors (Lipinski definition) is 2. The Balaban J connectivity index is 2.73. The van der Waals surface area contributed by atoms with Gasteiger partial charge in [0.2, 0.25) is 0 Å². The van der Waals surface area contributed by atoms with E-state index in [1.807, 2.05) is 19.1 Å². The van der Waals surface area contributed by atoms with Crippen molar-refractivity contribution in [1.82, 2.24) is 4.98 Å². The number of benzene rings is 1. The number of methoxy groups -OCH3 is 1. The largest absolute Gasteiger partial charge is 0.465 e. The van der Waals surface area contributed by atoms with Gasteiger partial charge in [-0.2, -0.15) is 0 Å². The van der Waals surface area contributed by atoms with Crippen molar-refractivity contribution in [2.45, 2.75) is 6.92 Å². The molecule has 82 valence electrons. The smallest absolute Gasteiger partial charge is 0.340 e. The molecule has 1 aromatic heterocycles. The first-order chi connectivity index (χ1) is 7.63.